The second-order valence-electron chi connectivity index (χ2n) is 4.56. The van der Waals surface area contributed by atoms with Gasteiger partial charge in [0.15, 0.2) is 0 Å². The van der Waals surface area contributed by atoms with E-state index in [-0.39, 0.29) is 6.04 Å². The lowest BCUT2D eigenvalue weighted by Gasteiger charge is -2.28. The Kier molecular flexibility index (Phi) is 7.67. The molecule has 4 heteroatoms. The third-order valence-corrected chi connectivity index (χ3v) is 3.26. The molecule has 1 unspecified atom stereocenters. The predicted molar refractivity (Wildman–Crippen MR) is 78.1 cm³/mol. The molecular formula is C15H26N2O2. The first-order valence-electron chi connectivity index (χ1n) is 6.79. The van der Waals surface area contributed by atoms with Crippen LogP contribution in [0.15, 0.2) is 24.3 Å². The fraction of sp³-hybridized carbons (Fsp3) is 0.600. The Bertz CT molecular complexity index is 358. The van der Waals surface area contributed by atoms with E-state index < -0.39 is 0 Å². The van der Waals surface area contributed by atoms with E-state index in [2.05, 4.69) is 24.1 Å². The number of benzene rings is 1. The lowest BCUT2D eigenvalue weighted by atomic mass is 9.99. The largest absolute Gasteiger partial charge is 0.380 e. The van der Waals surface area contributed by atoms with Crippen molar-refractivity contribution in [3.8, 4) is 0 Å². The van der Waals surface area contributed by atoms with E-state index in [1.54, 1.807) is 7.11 Å². The zero-order chi connectivity index (χ0) is 14.1. The summed E-state index contributed by atoms with van der Waals surface area (Å²) in [6.07, 6.45) is 0. The van der Waals surface area contributed by atoms with Crippen LogP contribution in [0.4, 0.5) is 0 Å². The molecule has 1 aromatic rings. The maximum Gasteiger partial charge on any atom is 0.0716 e. The van der Waals surface area contributed by atoms with E-state index in [1.807, 2.05) is 19.1 Å². The Morgan fingerprint density at radius 2 is 2.05 bits per heavy atom. The molecule has 0 amide bonds. The standard InChI is InChI=1S/C15H26N2O2/c1-4-19-10-9-17(2)15(11-16)14-8-6-5-7-13(14)12-18-3/h5-8,15H,4,9-12,16H2,1-3H3. The van der Waals surface area contributed by atoms with Crippen LogP contribution in [0.5, 0.6) is 0 Å². The number of likely N-dealkylation sites (N-methyl/N-ethyl adjacent to an activating group) is 1. The maximum absolute atomic E-state index is 5.95. The normalized spacial score (nSPS) is 12.9. The molecule has 0 aliphatic rings. The fourth-order valence-corrected chi connectivity index (χ4v) is 2.20. The number of nitrogens with zero attached hydrogens (tertiary/aromatic N) is 1. The second kappa shape index (κ2) is 9.04. The molecule has 0 bridgehead atoms. The van der Waals surface area contributed by atoms with E-state index in [0.29, 0.717) is 13.2 Å². The highest BCUT2D eigenvalue weighted by Crippen LogP contribution is 2.22. The summed E-state index contributed by atoms with van der Waals surface area (Å²) < 4.78 is 10.7. The third-order valence-electron chi connectivity index (χ3n) is 3.26. The molecular weight excluding hydrogens is 240 g/mol. The van der Waals surface area contributed by atoms with Gasteiger partial charge in [-0.15, -0.1) is 0 Å². The van der Waals surface area contributed by atoms with Crippen LogP contribution in [0.1, 0.15) is 24.1 Å². The average Bonchev–Trinajstić information content (AvgIpc) is 2.42. The highest BCUT2D eigenvalue weighted by Gasteiger charge is 2.17. The first kappa shape index (κ1) is 16.1. The lowest BCUT2D eigenvalue weighted by Crippen LogP contribution is -2.33. The summed E-state index contributed by atoms with van der Waals surface area (Å²) in [6, 6.07) is 8.51. The summed E-state index contributed by atoms with van der Waals surface area (Å²) in [7, 11) is 3.80. The van der Waals surface area contributed by atoms with Gasteiger partial charge in [-0.2, -0.15) is 0 Å². The maximum atomic E-state index is 5.95. The Hall–Kier alpha value is -0.940. The molecule has 1 rings (SSSR count). The summed E-state index contributed by atoms with van der Waals surface area (Å²) in [5.41, 5.74) is 8.39. The molecule has 0 aromatic heterocycles. The molecule has 0 heterocycles. The summed E-state index contributed by atoms with van der Waals surface area (Å²) in [4.78, 5) is 2.24. The van der Waals surface area contributed by atoms with Gasteiger partial charge < -0.3 is 15.2 Å². The summed E-state index contributed by atoms with van der Waals surface area (Å²) in [5, 5.41) is 0. The van der Waals surface area contributed by atoms with Gasteiger partial charge in [-0.25, -0.2) is 0 Å². The number of ether oxygens (including phenoxy) is 2. The van der Waals surface area contributed by atoms with Crippen LogP contribution in [0.25, 0.3) is 0 Å². The van der Waals surface area contributed by atoms with Crippen LogP contribution < -0.4 is 5.73 Å². The summed E-state index contributed by atoms with van der Waals surface area (Å²) >= 11 is 0. The number of rotatable bonds is 9. The number of nitrogens with two attached hydrogens (primary N) is 1. The minimum Gasteiger partial charge on any atom is -0.380 e. The van der Waals surface area contributed by atoms with E-state index in [0.717, 1.165) is 19.8 Å². The Morgan fingerprint density at radius 1 is 1.32 bits per heavy atom. The lowest BCUT2D eigenvalue weighted by molar-refractivity contribution is 0.107. The Morgan fingerprint density at radius 3 is 2.68 bits per heavy atom. The first-order chi connectivity index (χ1) is 9.24. The van der Waals surface area contributed by atoms with Gasteiger partial charge in [0, 0.05) is 32.8 Å². The van der Waals surface area contributed by atoms with Crippen LogP contribution in [0.2, 0.25) is 0 Å². The van der Waals surface area contributed by atoms with Crippen LogP contribution >= 0.6 is 0 Å². The molecule has 0 saturated heterocycles. The van der Waals surface area contributed by atoms with E-state index in [1.165, 1.54) is 11.1 Å². The van der Waals surface area contributed by atoms with Crippen molar-refractivity contribution in [1.29, 1.82) is 0 Å². The van der Waals surface area contributed by atoms with Gasteiger partial charge in [0.1, 0.15) is 0 Å². The molecule has 0 aliphatic carbocycles. The van der Waals surface area contributed by atoms with Gasteiger partial charge in [0.05, 0.1) is 13.2 Å². The zero-order valence-corrected chi connectivity index (χ0v) is 12.3. The Balaban J connectivity index is 2.77. The van der Waals surface area contributed by atoms with Crippen molar-refractivity contribution in [3.05, 3.63) is 35.4 Å². The van der Waals surface area contributed by atoms with Gasteiger partial charge in [-0.1, -0.05) is 24.3 Å². The van der Waals surface area contributed by atoms with E-state index >= 15 is 0 Å². The van der Waals surface area contributed by atoms with Gasteiger partial charge in [-0.3, -0.25) is 4.90 Å². The van der Waals surface area contributed by atoms with Crippen molar-refractivity contribution in [2.75, 3.05) is 40.5 Å². The molecule has 2 N–H and O–H groups in total. The van der Waals surface area contributed by atoms with Crippen molar-refractivity contribution < 1.29 is 9.47 Å². The molecule has 0 saturated carbocycles. The SMILES string of the molecule is CCOCCN(C)C(CN)c1ccccc1COC. The van der Waals surface area contributed by atoms with Crippen LogP contribution in [-0.2, 0) is 16.1 Å². The van der Waals surface area contributed by atoms with Gasteiger partial charge in [0.25, 0.3) is 0 Å². The van der Waals surface area contributed by atoms with Gasteiger partial charge in [0.2, 0.25) is 0 Å². The van der Waals surface area contributed by atoms with Crippen molar-refractivity contribution in [2.45, 2.75) is 19.6 Å². The van der Waals surface area contributed by atoms with Crippen molar-refractivity contribution in [3.63, 3.8) is 0 Å². The molecule has 1 atom stereocenters. The topological polar surface area (TPSA) is 47.7 Å². The minimum absolute atomic E-state index is 0.201. The first-order valence-corrected chi connectivity index (χ1v) is 6.79. The van der Waals surface area contributed by atoms with Crippen molar-refractivity contribution in [2.24, 2.45) is 5.73 Å². The molecule has 0 spiro atoms. The quantitative estimate of drug-likeness (QED) is 0.692. The summed E-state index contributed by atoms with van der Waals surface area (Å²) in [6.45, 7) is 5.57. The highest BCUT2D eigenvalue weighted by atomic mass is 16.5. The fourth-order valence-electron chi connectivity index (χ4n) is 2.20. The molecule has 1 aromatic carbocycles. The zero-order valence-electron chi connectivity index (χ0n) is 12.3. The van der Waals surface area contributed by atoms with Crippen molar-refractivity contribution >= 4 is 0 Å². The molecule has 0 radical (unpaired) electrons. The van der Waals surface area contributed by atoms with Crippen LogP contribution in [-0.4, -0.2) is 45.4 Å². The average molecular weight is 266 g/mol. The molecule has 0 fully saturated rings. The third kappa shape index (κ3) is 4.91. The second-order valence-corrected chi connectivity index (χ2v) is 4.56. The van der Waals surface area contributed by atoms with Crippen molar-refractivity contribution in [1.82, 2.24) is 4.90 Å². The minimum atomic E-state index is 0.201. The smallest absolute Gasteiger partial charge is 0.0716 e. The molecule has 0 aliphatic heterocycles. The molecule has 4 nitrogen and oxygen atoms in total. The van der Waals surface area contributed by atoms with Gasteiger partial charge >= 0.3 is 0 Å². The van der Waals surface area contributed by atoms with Crippen LogP contribution in [0.3, 0.4) is 0 Å². The summed E-state index contributed by atoms with van der Waals surface area (Å²) in [5.74, 6) is 0. The van der Waals surface area contributed by atoms with E-state index in [4.69, 9.17) is 15.2 Å². The van der Waals surface area contributed by atoms with E-state index in [9.17, 15) is 0 Å². The monoisotopic (exact) mass is 266 g/mol. The van der Waals surface area contributed by atoms with Gasteiger partial charge in [-0.05, 0) is 25.1 Å². The highest BCUT2D eigenvalue weighted by molar-refractivity contribution is 5.30. The number of hydrogen-bond acceptors (Lipinski definition) is 4. The van der Waals surface area contributed by atoms with Crippen LogP contribution in [0, 0.1) is 0 Å². The Labute approximate surface area is 116 Å². The number of methoxy groups -OCH3 is 1. The number of hydrogen-bond donors (Lipinski definition) is 1. The predicted octanol–water partition coefficient (Wildman–Crippen LogP) is 1.80. The molecule has 108 valence electrons. The molecule has 19 heavy (non-hydrogen) atoms.